The van der Waals surface area contributed by atoms with Crippen molar-refractivity contribution in [2.75, 3.05) is 7.11 Å². The Labute approximate surface area is 115 Å². The molecular weight excluding hydrogens is 295 g/mol. The number of methoxy groups -OCH3 is 1. The molecule has 0 saturated carbocycles. The maximum atomic E-state index is 13.1. The Morgan fingerprint density at radius 2 is 1.94 bits per heavy atom. The van der Waals surface area contributed by atoms with Crippen LogP contribution in [0.4, 0.5) is 4.39 Å². The molecule has 0 aromatic heterocycles. The van der Waals surface area contributed by atoms with Crippen molar-refractivity contribution in [2.24, 2.45) is 0 Å². The zero-order valence-corrected chi connectivity index (χ0v) is 11.7. The largest absolute Gasteiger partial charge is 0.496 e. The highest BCUT2D eigenvalue weighted by molar-refractivity contribution is 9.09. The van der Waals surface area contributed by atoms with Crippen molar-refractivity contribution in [1.82, 2.24) is 0 Å². The van der Waals surface area contributed by atoms with E-state index in [9.17, 15) is 4.39 Å². The Hall–Kier alpha value is -1.35. The third-order valence-electron chi connectivity index (χ3n) is 2.78. The number of rotatable bonds is 4. The maximum Gasteiger partial charge on any atom is 0.123 e. The first-order chi connectivity index (χ1) is 8.70. The molecule has 2 aromatic carbocycles. The van der Waals surface area contributed by atoms with E-state index in [-0.39, 0.29) is 10.6 Å². The van der Waals surface area contributed by atoms with Gasteiger partial charge in [0.1, 0.15) is 11.6 Å². The van der Waals surface area contributed by atoms with Crippen LogP contribution in [0.15, 0.2) is 48.5 Å². The van der Waals surface area contributed by atoms with E-state index in [1.54, 1.807) is 19.2 Å². The first-order valence-corrected chi connectivity index (χ1v) is 6.63. The van der Waals surface area contributed by atoms with Crippen molar-refractivity contribution in [3.8, 4) is 5.75 Å². The fourth-order valence-electron chi connectivity index (χ4n) is 1.91. The average Bonchev–Trinajstić information content (AvgIpc) is 2.38. The third-order valence-corrected chi connectivity index (χ3v) is 3.60. The van der Waals surface area contributed by atoms with Gasteiger partial charge in [0.25, 0.3) is 0 Å². The lowest BCUT2D eigenvalue weighted by molar-refractivity contribution is 0.409. The number of para-hydroxylation sites is 1. The summed E-state index contributed by atoms with van der Waals surface area (Å²) in [5, 5.41) is 0. The average molecular weight is 309 g/mol. The van der Waals surface area contributed by atoms with Gasteiger partial charge in [0.2, 0.25) is 0 Å². The smallest absolute Gasteiger partial charge is 0.123 e. The Bertz CT molecular complexity index is 527. The molecule has 2 rings (SSSR count). The van der Waals surface area contributed by atoms with E-state index in [0.29, 0.717) is 0 Å². The minimum atomic E-state index is -0.202. The predicted molar refractivity (Wildman–Crippen MR) is 74.8 cm³/mol. The molecule has 18 heavy (non-hydrogen) atoms. The summed E-state index contributed by atoms with van der Waals surface area (Å²) in [6.07, 6.45) is 0.720. The number of benzene rings is 2. The lowest BCUT2D eigenvalue weighted by Crippen LogP contribution is -1.99. The van der Waals surface area contributed by atoms with Crippen LogP contribution >= 0.6 is 15.9 Å². The molecule has 0 aliphatic rings. The fourth-order valence-corrected chi connectivity index (χ4v) is 2.66. The normalized spacial score (nSPS) is 12.2. The summed E-state index contributed by atoms with van der Waals surface area (Å²) in [5.41, 5.74) is 2.03. The van der Waals surface area contributed by atoms with Crippen molar-refractivity contribution < 1.29 is 9.13 Å². The van der Waals surface area contributed by atoms with Crippen LogP contribution in [-0.4, -0.2) is 7.11 Å². The molecule has 0 fully saturated rings. The molecule has 1 unspecified atom stereocenters. The molecule has 1 nitrogen and oxygen atoms in total. The summed E-state index contributed by atoms with van der Waals surface area (Å²) in [5.74, 6) is 0.642. The second-order valence-corrected chi connectivity index (χ2v) is 5.15. The van der Waals surface area contributed by atoms with E-state index >= 15 is 0 Å². The molecule has 0 aliphatic heterocycles. The van der Waals surface area contributed by atoms with Crippen LogP contribution in [0.1, 0.15) is 16.0 Å². The van der Waals surface area contributed by atoms with E-state index < -0.39 is 0 Å². The Balaban J connectivity index is 2.19. The van der Waals surface area contributed by atoms with Crippen LogP contribution in [0.5, 0.6) is 5.75 Å². The van der Waals surface area contributed by atoms with Crippen molar-refractivity contribution in [2.45, 2.75) is 11.2 Å². The van der Waals surface area contributed by atoms with E-state index in [2.05, 4.69) is 15.9 Å². The lowest BCUT2D eigenvalue weighted by Gasteiger charge is -2.14. The van der Waals surface area contributed by atoms with Crippen molar-refractivity contribution >= 4 is 15.9 Å². The zero-order chi connectivity index (χ0) is 13.0. The molecule has 3 heteroatoms. The molecule has 0 amide bonds. The molecule has 0 bridgehead atoms. The molecule has 0 spiro atoms. The van der Waals surface area contributed by atoms with Crippen LogP contribution in [0.2, 0.25) is 0 Å². The van der Waals surface area contributed by atoms with Gasteiger partial charge in [-0.05, 0) is 30.2 Å². The lowest BCUT2D eigenvalue weighted by atomic mass is 10.0. The molecule has 0 radical (unpaired) electrons. The Kier molecular flexibility index (Phi) is 4.37. The van der Waals surface area contributed by atoms with Gasteiger partial charge in [0.05, 0.1) is 7.11 Å². The zero-order valence-electron chi connectivity index (χ0n) is 10.1. The SMILES string of the molecule is COc1ccccc1C(Br)Cc1cccc(F)c1. The standard InChI is InChI=1S/C15H14BrFO/c1-18-15-8-3-2-7-13(15)14(16)10-11-5-4-6-12(17)9-11/h2-9,14H,10H2,1H3. The quantitative estimate of drug-likeness (QED) is 0.755. The van der Waals surface area contributed by atoms with Gasteiger partial charge in [-0.1, -0.05) is 46.3 Å². The number of halogens is 2. The van der Waals surface area contributed by atoms with E-state index in [1.807, 2.05) is 30.3 Å². The first kappa shape index (κ1) is 13.1. The minimum absolute atomic E-state index is 0.107. The number of hydrogen-bond acceptors (Lipinski definition) is 1. The summed E-state index contributed by atoms with van der Waals surface area (Å²) in [6, 6.07) is 14.5. The second kappa shape index (κ2) is 6.01. The highest BCUT2D eigenvalue weighted by atomic mass is 79.9. The van der Waals surface area contributed by atoms with Gasteiger partial charge >= 0.3 is 0 Å². The van der Waals surface area contributed by atoms with Crippen molar-refractivity contribution in [3.63, 3.8) is 0 Å². The molecule has 0 N–H and O–H groups in total. The molecule has 0 heterocycles. The van der Waals surface area contributed by atoms with Crippen molar-refractivity contribution in [3.05, 3.63) is 65.5 Å². The fraction of sp³-hybridized carbons (Fsp3) is 0.200. The topological polar surface area (TPSA) is 9.23 Å². The maximum absolute atomic E-state index is 13.1. The van der Waals surface area contributed by atoms with Crippen LogP contribution in [0, 0.1) is 5.82 Å². The number of alkyl halides is 1. The van der Waals surface area contributed by atoms with Gasteiger partial charge in [-0.15, -0.1) is 0 Å². The molecule has 2 aromatic rings. The van der Waals surface area contributed by atoms with Crippen LogP contribution in [0.3, 0.4) is 0 Å². The van der Waals surface area contributed by atoms with Crippen LogP contribution in [0.25, 0.3) is 0 Å². The summed E-state index contributed by atoms with van der Waals surface area (Å²) < 4.78 is 18.4. The van der Waals surface area contributed by atoms with Gasteiger partial charge in [-0.25, -0.2) is 4.39 Å². The summed E-state index contributed by atoms with van der Waals surface area (Å²) in [4.78, 5) is 0.107. The van der Waals surface area contributed by atoms with E-state index in [1.165, 1.54) is 6.07 Å². The second-order valence-electron chi connectivity index (χ2n) is 4.04. The highest BCUT2D eigenvalue weighted by Crippen LogP contribution is 2.33. The highest BCUT2D eigenvalue weighted by Gasteiger charge is 2.13. The Morgan fingerprint density at radius 3 is 2.67 bits per heavy atom. The summed E-state index contributed by atoms with van der Waals surface area (Å²) >= 11 is 3.64. The molecular formula is C15H14BrFO. The Morgan fingerprint density at radius 1 is 1.17 bits per heavy atom. The van der Waals surface area contributed by atoms with E-state index in [4.69, 9.17) is 4.74 Å². The summed E-state index contributed by atoms with van der Waals surface area (Å²) in [6.45, 7) is 0. The molecule has 1 atom stereocenters. The number of hydrogen-bond donors (Lipinski definition) is 0. The predicted octanol–water partition coefficient (Wildman–Crippen LogP) is 4.51. The molecule has 94 valence electrons. The van der Waals surface area contributed by atoms with Crippen LogP contribution < -0.4 is 4.74 Å². The molecule has 0 aliphatic carbocycles. The van der Waals surface area contributed by atoms with E-state index in [0.717, 1.165) is 23.3 Å². The van der Waals surface area contributed by atoms with Gasteiger partial charge in [-0.3, -0.25) is 0 Å². The van der Waals surface area contributed by atoms with Gasteiger partial charge in [-0.2, -0.15) is 0 Å². The minimum Gasteiger partial charge on any atom is -0.496 e. The van der Waals surface area contributed by atoms with Gasteiger partial charge in [0, 0.05) is 10.4 Å². The first-order valence-electron chi connectivity index (χ1n) is 5.72. The van der Waals surface area contributed by atoms with Gasteiger partial charge < -0.3 is 4.74 Å². The van der Waals surface area contributed by atoms with Gasteiger partial charge in [0.15, 0.2) is 0 Å². The van der Waals surface area contributed by atoms with Crippen molar-refractivity contribution in [1.29, 1.82) is 0 Å². The van der Waals surface area contributed by atoms with Crippen LogP contribution in [-0.2, 0) is 6.42 Å². The summed E-state index contributed by atoms with van der Waals surface area (Å²) in [7, 11) is 1.65. The third kappa shape index (κ3) is 3.10. The molecule has 0 saturated heterocycles. The number of ether oxygens (including phenoxy) is 1. The monoisotopic (exact) mass is 308 g/mol.